The third-order valence-corrected chi connectivity index (χ3v) is 13.6. The minimum atomic E-state index is -4.69. The normalized spacial score (nSPS) is 15.3. The Balaban J connectivity index is 4.23. The number of aliphatic hydroxyl groups is 2. The van der Waals surface area contributed by atoms with Crippen molar-refractivity contribution < 1.29 is 38.0 Å². The Morgan fingerprint density at radius 3 is 1.19 bits per heavy atom. The van der Waals surface area contributed by atoms with Gasteiger partial charge in [-0.05, 0) is 103 Å². The predicted octanol–water partition coefficient (Wildman–Crippen LogP) is 17.2. The van der Waals surface area contributed by atoms with Crippen molar-refractivity contribution in [1.82, 2.24) is 5.32 Å². The fourth-order valence-electron chi connectivity index (χ4n) is 7.94. The molecule has 0 saturated heterocycles. The van der Waals surface area contributed by atoms with Crippen molar-refractivity contribution >= 4 is 13.7 Å². The van der Waals surface area contributed by atoms with Gasteiger partial charge >= 0.3 is 0 Å². The number of quaternary nitrogens is 1. The number of phosphoric ester groups is 1. The largest absolute Gasteiger partial charge is 0.756 e. The van der Waals surface area contributed by atoms with Gasteiger partial charge in [-0.3, -0.25) is 9.36 Å². The van der Waals surface area contributed by atoms with E-state index in [2.05, 4.69) is 165 Å². The number of carbonyl (C=O) groups is 1. The van der Waals surface area contributed by atoms with Crippen molar-refractivity contribution in [2.75, 3.05) is 40.9 Å². The Labute approximate surface area is 472 Å². The van der Waals surface area contributed by atoms with Gasteiger partial charge in [-0.2, -0.15) is 0 Å². The molecule has 0 fully saturated rings. The van der Waals surface area contributed by atoms with Gasteiger partial charge in [0, 0.05) is 6.42 Å². The SMILES string of the molecule is CC/C=C\C/C=C\C/C=C\C/C=C\C/C=C\C/C=C\C/C=C\C/C=C\C/C=C\C/C=C\C/C=C\C/C=C\CCCCCCC(=O)NC(COP(=O)([O-])OCC[N+](C)(C)C)C(O)C(O)CCCCCCCCCCCCCC. The number of hydrogen-bond donors (Lipinski definition) is 3. The molecule has 9 nitrogen and oxygen atoms in total. The van der Waals surface area contributed by atoms with Gasteiger partial charge in [-0.25, -0.2) is 0 Å². The van der Waals surface area contributed by atoms with Gasteiger partial charge in [0.05, 0.1) is 39.9 Å². The van der Waals surface area contributed by atoms with Crippen molar-refractivity contribution in [1.29, 1.82) is 0 Å². The van der Waals surface area contributed by atoms with Gasteiger partial charge in [-0.15, -0.1) is 0 Å². The van der Waals surface area contributed by atoms with Crippen LogP contribution in [0.25, 0.3) is 0 Å². The number of likely N-dealkylation sites (N-methyl/N-ethyl adjacent to an activating group) is 1. The fraction of sp³-hybridized carbons (Fsp3) is 0.627. The second-order valence-corrected chi connectivity index (χ2v) is 22.5. The van der Waals surface area contributed by atoms with Crippen LogP contribution in [0.3, 0.4) is 0 Å². The predicted molar refractivity (Wildman–Crippen MR) is 331 cm³/mol. The zero-order chi connectivity index (χ0) is 56.4. The van der Waals surface area contributed by atoms with Crippen LogP contribution in [0.1, 0.15) is 213 Å². The van der Waals surface area contributed by atoms with E-state index in [1.165, 1.54) is 51.4 Å². The molecule has 0 aliphatic rings. The molecule has 0 aromatic heterocycles. The third kappa shape index (κ3) is 56.9. The monoisotopic (exact) mass is 1090 g/mol. The molecule has 438 valence electrons. The summed E-state index contributed by atoms with van der Waals surface area (Å²) in [6.07, 6.45) is 82.0. The van der Waals surface area contributed by atoms with Crippen LogP contribution in [0.2, 0.25) is 0 Å². The molecule has 0 aromatic carbocycles. The third-order valence-electron chi connectivity index (χ3n) is 12.7. The molecule has 10 heteroatoms. The summed E-state index contributed by atoms with van der Waals surface area (Å²) in [6.45, 7) is 4.28. The first-order valence-corrected chi connectivity index (χ1v) is 31.7. The second kappa shape index (κ2) is 55.6. The van der Waals surface area contributed by atoms with E-state index in [-0.39, 0.29) is 18.9 Å². The Morgan fingerprint density at radius 2 is 0.818 bits per heavy atom. The molecule has 0 aromatic rings. The summed E-state index contributed by atoms with van der Waals surface area (Å²) in [5, 5.41) is 24.7. The number of aliphatic hydroxyl groups excluding tert-OH is 2. The number of nitrogens with zero attached hydrogens (tertiary/aromatic N) is 1. The van der Waals surface area contributed by atoms with Gasteiger partial charge < -0.3 is 34.0 Å². The van der Waals surface area contributed by atoms with E-state index in [4.69, 9.17) is 9.05 Å². The number of unbranched alkanes of at least 4 members (excludes halogenated alkanes) is 15. The molecule has 1 amide bonds. The topological polar surface area (TPSA) is 128 Å². The molecule has 4 atom stereocenters. The van der Waals surface area contributed by atoms with Gasteiger partial charge in [0.25, 0.3) is 7.82 Å². The quantitative estimate of drug-likeness (QED) is 0.0239. The number of hydrogen-bond acceptors (Lipinski definition) is 7. The number of phosphoric acid groups is 1. The van der Waals surface area contributed by atoms with Crippen LogP contribution in [-0.2, 0) is 18.4 Å². The van der Waals surface area contributed by atoms with Gasteiger partial charge in [0.1, 0.15) is 19.3 Å². The molecule has 77 heavy (non-hydrogen) atoms. The highest BCUT2D eigenvalue weighted by Crippen LogP contribution is 2.38. The maximum Gasteiger partial charge on any atom is 0.268 e. The summed E-state index contributed by atoms with van der Waals surface area (Å²) in [5.41, 5.74) is 0. The Bertz CT molecular complexity index is 1780. The van der Waals surface area contributed by atoms with Crippen molar-refractivity contribution in [3.63, 3.8) is 0 Å². The number of rotatable bonds is 53. The minimum absolute atomic E-state index is 0.0535. The molecule has 0 radical (unpaired) electrons. The van der Waals surface area contributed by atoms with Crippen LogP contribution in [0.4, 0.5) is 0 Å². The Kier molecular flexibility index (Phi) is 53.0. The molecule has 0 rings (SSSR count). The highest BCUT2D eigenvalue weighted by atomic mass is 31.2. The van der Waals surface area contributed by atoms with E-state index in [0.29, 0.717) is 23.9 Å². The van der Waals surface area contributed by atoms with Crippen LogP contribution >= 0.6 is 7.82 Å². The van der Waals surface area contributed by atoms with Crippen LogP contribution in [-0.4, -0.2) is 79.8 Å². The summed E-state index contributed by atoms with van der Waals surface area (Å²) in [7, 11) is 1.09. The first kappa shape index (κ1) is 73.3. The molecule has 0 spiro atoms. The minimum Gasteiger partial charge on any atom is -0.756 e. The average Bonchev–Trinajstić information content (AvgIpc) is 3.39. The summed E-state index contributed by atoms with van der Waals surface area (Å²) in [6, 6.07) is -1.10. The second-order valence-electron chi connectivity index (χ2n) is 21.1. The fourth-order valence-corrected chi connectivity index (χ4v) is 8.66. The van der Waals surface area contributed by atoms with Crippen LogP contribution < -0.4 is 10.2 Å². The molecular formula is C67H113N2O7P. The van der Waals surface area contributed by atoms with Crippen molar-refractivity contribution in [3.05, 3.63) is 146 Å². The highest BCUT2D eigenvalue weighted by Gasteiger charge is 2.29. The molecule has 0 heterocycles. The first-order valence-electron chi connectivity index (χ1n) is 30.3. The molecule has 0 aliphatic heterocycles. The Hall–Kier alpha value is -3.66. The van der Waals surface area contributed by atoms with Crippen LogP contribution in [0.5, 0.6) is 0 Å². The average molecular weight is 1090 g/mol. The van der Waals surface area contributed by atoms with Crippen LogP contribution in [0.15, 0.2) is 146 Å². The van der Waals surface area contributed by atoms with Crippen molar-refractivity contribution in [2.24, 2.45) is 0 Å². The van der Waals surface area contributed by atoms with Gasteiger partial charge in [0.15, 0.2) is 0 Å². The number of amides is 1. The van der Waals surface area contributed by atoms with E-state index in [0.717, 1.165) is 128 Å². The molecule has 3 N–H and O–H groups in total. The molecule has 0 aliphatic carbocycles. The Morgan fingerprint density at radius 1 is 0.481 bits per heavy atom. The van der Waals surface area contributed by atoms with E-state index in [1.54, 1.807) is 0 Å². The summed E-state index contributed by atoms with van der Waals surface area (Å²) in [4.78, 5) is 25.5. The van der Waals surface area contributed by atoms with Crippen LogP contribution in [0, 0.1) is 0 Å². The van der Waals surface area contributed by atoms with E-state index in [9.17, 15) is 24.5 Å². The number of carbonyl (C=O) groups excluding carboxylic acids is 1. The molecule has 0 saturated carbocycles. The highest BCUT2D eigenvalue weighted by molar-refractivity contribution is 7.45. The molecule has 0 bridgehead atoms. The van der Waals surface area contributed by atoms with E-state index < -0.39 is 32.7 Å². The maximum absolute atomic E-state index is 13.0. The van der Waals surface area contributed by atoms with Crippen molar-refractivity contribution in [3.8, 4) is 0 Å². The van der Waals surface area contributed by atoms with E-state index in [1.807, 2.05) is 21.1 Å². The molecule has 4 unspecified atom stereocenters. The zero-order valence-electron chi connectivity index (χ0n) is 49.5. The maximum atomic E-state index is 13.0. The zero-order valence-corrected chi connectivity index (χ0v) is 50.4. The lowest BCUT2D eigenvalue weighted by molar-refractivity contribution is -0.870. The van der Waals surface area contributed by atoms with Crippen molar-refractivity contribution in [2.45, 2.75) is 231 Å². The van der Waals surface area contributed by atoms with Gasteiger partial charge in [0.2, 0.25) is 5.91 Å². The lowest BCUT2D eigenvalue weighted by Crippen LogP contribution is -2.51. The number of nitrogens with one attached hydrogen (secondary N) is 1. The summed E-state index contributed by atoms with van der Waals surface area (Å²) < 4.78 is 23.2. The summed E-state index contributed by atoms with van der Waals surface area (Å²) in [5.74, 6) is -0.309. The standard InChI is InChI=1S/C67H113N2O7P/c1-6-8-10-12-14-16-18-20-21-22-23-24-25-26-27-28-29-30-31-32-33-34-35-36-37-38-39-40-41-42-43-44-45-46-47-48-50-52-54-56-58-60-66(71)68-64(63-76-77(73,74)75-62-61-69(3,4)5)67(72)65(70)59-57-55-53-51-49-19-17-15-13-11-9-7-2/h8,10,14,16,20-21,23-24,26-27,29-30,32-33,35-36,38-39,41-42,44-45,47-48,64-65,67,70,72H,6-7,9,11-13,15,17-19,22,25,28,31,34,37,40,43,46,49-63H2,1-5H3,(H-,68,71,73,74)/b10-8-,16-14-,21-20-,24-23-,27-26-,30-29-,33-32-,36-35-,39-38-,42-41-,45-44-,48-47-. The lowest BCUT2D eigenvalue weighted by Gasteiger charge is -2.31. The van der Waals surface area contributed by atoms with E-state index >= 15 is 0 Å². The lowest BCUT2D eigenvalue weighted by atomic mass is 9.99. The van der Waals surface area contributed by atoms with Gasteiger partial charge in [-0.1, -0.05) is 250 Å². The number of allylic oxidation sites excluding steroid dienone is 24. The summed E-state index contributed by atoms with van der Waals surface area (Å²) >= 11 is 0. The smallest absolute Gasteiger partial charge is 0.268 e. The first-order chi connectivity index (χ1) is 37.4. The molecular weight excluding hydrogens is 976 g/mol.